The number of nitrogens with zero attached hydrogens (tertiary/aromatic N) is 2. The number of anilines is 2. The fraction of sp³-hybridized carbons (Fsp3) is 0.545. The first-order valence-electron chi connectivity index (χ1n) is 15.5. The van der Waals surface area contributed by atoms with E-state index >= 15 is 0 Å². The van der Waals surface area contributed by atoms with E-state index in [1.54, 1.807) is 26.1 Å². The summed E-state index contributed by atoms with van der Waals surface area (Å²) < 4.78 is 50.4. The largest absolute Gasteiger partial charge is 0.490 e. The minimum absolute atomic E-state index is 0.0989. The van der Waals surface area contributed by atoms with Crippen LogP contribution >= 0.6 is 0 Å². The van der Waals surface area contributed by atoms with Crippen LogP contribution in [-0.4, -0.2) is 90.5 Å². The zero-order valence-electron chi connectivity index (χ0n) is 26.8. The lowest BCUT2D eigenvalue weighted by atomic mass is 10.0. The molecular weight excluding hydrogens is 605 g/mol. The number of carbonyl (C=O) groups is 3. The van der Waals surface area contributed by atoms with Gasteiger partial charge in [0.05, 0.1) is 36.8 Å². The number of fused-ring (bicyclic) bond motifs is 1. The minimum atomic E-state index is -4.48. The Morgan fingerprint density at radius 2 is 1.80 bits per heavy atom. The van der Waals surface area contributed by atoms with Crippen molar-refractivity contribution in [2.75, 3.05) is 44.0 Å². The summed E-state index contributed by atoms with van der Waals surface area (Å²) in [5, 5.41) is 15.4. The van der Waals surface area contributed by atoms with Crippen molar-refractivity contribution >= 4 is 29.2 Å². The second kappa shape index (κ2) is 17.2. The molecule has 10 nitrogen and oxygen atoms in total. The highest BCUT2D eigenvalue weighted by molar-refractivity contribution is 5.99. The van der Waals surface area contributed by atoms with E-state index in [4.69, 9.17) is 9.47 Å². The third kappa shape index (κ3) is 11.5. The summed E-state index contributed by atoms with van der Waals surface area (Å²) in [6.45, 7) is 5.94. The van der Waals surface area contributed by atoms with Crippen molar-refractivity contribution in [2.45, 2.75) is 77.3 Å². The summed E-state index contributed by atoms with van der Waals surface area (Å²) in [5.41, 5.74) is 0.897. The fourth-order valence-corrected chi connectivity index (χ4v) is 5.03. The molecule has 46 heavy (non-hydrogen) atoms. The lowest BCUT2D eigenvalue weighted by molar-refractivity contribution is -0.142. The molecule has 0 aromatic heterocycles. The molecule has 0 unspecified atom stereocenters. The summed E-state index contributed by atoms with van der Waals surface area (Å²) in [6.07, 6.45) is -5.07. The standard InChI is InChI=1S/C33H45F3N4O6/c1-22-19-40(23(2)21-41)31(43)27-18-26(37-30(42)15-16-33(34,35)36)13-14-28(27)46-24(3)10-8-9-17-45-29(22)20-39(4)32(44)38-25-11-6-5-7-12-25/h5-7,11-14,18,22-24,29,41H,8-10,15-17,19-21H2,1-4H3,(H,37,42)(H,38,44)/t22-,23-,24-,29+/m0/s1. The van der Waals surface area contributed by atoms with Crippen LogP contribution in [0.1, 0.15) is 63.2 Å². The summed E-state index contributed by atoms with van der Waals surface area (Å²) in [4.78, 5) is 42.4. The van der Waals surface area contributed by atoms with Crippen LogP contribution in [-0.2, 0) is 9.53 Å². The van der Waals surface area contributed by atoms with Gasteiger partial charge in [0.25, 0.3) is 5.91 Å². The molecule has 0 saturated heterocycles. The van der Waals surface area contributed by atoms with Gasteiger partial charge in [0.1, 0.15) is 5.75 Å². The third-order valence-corrected chi connectivity index (χ3v) is 7.80. The number of para-hydroxylation sites is 1. The van der Waals surface area contributed by atoms with E-state index in [2.05, 4.69) is 10.6 Å². The SMILES string of the molecule is C[C@H]1CCCCO[C@H](CN(C)C(=O)Nc2ccccc2)[C@@H](C)CN([C@@H](C)CO)C(=O)c2cc(NC(=O)CCC(F)(F)F)ccc2O1. The van der Waals surface area contributed by atoms with Gasteiger partial charge in [-0.3, -0.25) is 9.59 Å². The van der Waals surface area contributed by atoms with E-state index in [9.17, 15) is 32.7 Å². The molecule has 3 rings (SSSR count). The lowest BCUT2D eigenvalue weighted by Gasteiger charge is -2.35. The van der Waals surface area contributed by atoms with Crippen LogP contribution in [0.5, 0.6) is 5.75 Å². The van der Waals surface area contributed by atoms with E-state index in [0.717, 1.165) is 12.8 Å². The second-order valence-electron chi connectivity index (χ2n) is 11.9. The zero-order chi connectivity index (χ0) is 33.9. The van der Waals surface area contributed by atoms with Crippen LogP contribution < -0.4 is 15.4 Å². The molecule has 0 aliphatic carbocycles. The molecule has 13 heteroatoms. The molecular formula is C33H45F3N4O6. The average molecular weight is 651 g/mol. The second-order valence-corrected chi connectivity index (χ2v) is 11.9. The zero-order valence-corrected chi connectivity index (χ0v) is 26.8. The molecule has 1 heterocycles. The predicted octanol–water partition coefficient (Wildman–Crippen LogP) is 5.93. The number of amides is 4. The maximum atomic E-state index is 14.2. The fourth-order valence-electron chi connectivity index (χ4n) is 5.03. The van der Waals surface area contributed by atoms with Crippen molar-refractivity contribution in [3.05, 3.63) is 54.1 Å². The number of aliphatic hydroxyl groups is 1. The Morgan fingerprint density at radius 3 is 2.48 bits per heavy atom. The Balaban J connectivity index is 1.88. The molecule has 1 aliphatic heterocycles. The monoisotopic (exact) mass is 650 g/mol. The number of urea groups is 1. The van der Waals surface area contributed by atoms with Gasteiger partial charge in [0.15, 0.2) is 0 Å². The van der Waals surface area contributed by atoms with Crippen molar-refractivity contribution < 1.29 is 42.1 Å². The van der Waals surface area contributed by atoms with E-state index in [1.807, 2.05) is 32.0 Å². The third-order valence-electron chi connectivity index (χ3n) is 7.80. The Labute approximate surface area is 268 Å². The Hall–Kier alpha value is -3.84. The highest BCUT2D eigenvalue weighted by Gasteiger charge is 2.31. The molecule has 4 atom stereocenters. The number of halogens is 3. The van der Waals surface area contributed by atoms with Crippen LogP contribution in [0.3, 0.4) is 0 Å². The smallest absolute Gasteiger partial charge is 0.389 e. The number of hydrogen-bond donors (Lipinski definition) is 3. The Morgan fingerprint density at radius 1 is 1.09 bits per heavy atom. The number of alkyl halides is 3. The van der Waals surface area contributed by atoms with Gasteiger partial charge in [-0.05, 0) is 63.4 Å². The molecule has 0 spiro atoms. The quantitative estimate of drug-likeness (QED) is 0.326. The summed E-state index contributed by atoms with van der Waals surface area (Å²) in [5.74, 6) is -1.36. The summed E-state index contributed by atoms with van der Waals surface area (Å²) in [7, 11) is 1.67. The molecule has 1 aliphatic rings. The molecule has 2 aromatic carbocycles. The summed E-state index contributed by atoms with van der Waals surface area (Å²) in [6, 6.07) is 12.5. The van der Waals surface area contributed by atoms with Crippen molar-refractivity contribution in [3.63, 3.8) is 0 Å². The first kappa shape index (κ1) is 36.6. The van der Waals surface area contributed by atoms with Gasteiger partial charge in [-0.1, -0.05) is 25.1 Å². The van der Waals surface area contributed by atoms with Crippen molar-refractivity contribution in [1.82, 2.24) is 9.80 Å². The molecule has 0 fully saturated rings. The van der Waals surface area contributed by atoms with Crippen molar-refractivity contribution in [1.29, 1.82) is 0 Å². The minimum Gasteiger partial charge on any atom is -0.490 e. The predicted molar refractivity (Wildman–Crippen MR) is 169 cm³/mol. The van der Waals surface area contributed by atoms with Crippen LogP contribution in [0.25, 0.3) is 0 Å². The van der Waals surface area contributed by atoms with Gasteiger partial charge in [-0.2, -0.15) is 13.2 Å². The van der Waals surface area contributed by atoms with E-state index in [0.29, 0.717) is 18.7 Å². The average Bonchev–Trinajstić information content (AvgIpc) is 3.01. The number of hydrogen-bond acceptors (Lipinski definition) is 6. The normalized spacial score (nSPS) is 20.5. The Kier molecular flexibility index (Phi) is 13.7. The van der Waals surface area contributed by atoms with Gasteiger partial charge in [0, 0.05) is 50.5 Å². The van der Waals surface area contributed by atoms with Crippen molar-refractivity contribution in [3.8, 4) is 5.75 Å². The molecule has 4 amide bonds. The van der Waals surface area contributed by atoms with E-state index in [1.165, 1.54) is 28.0 Å². The van der Waals surface area contributed by atoms with Crippen LogP contribution in [0.4, 0.5) is 29.3 Å². The number of ether oxygens (including phenoxy) is 2. The van der Waals surface area contributed by atoms with Crippen molar-refractivity contribution in [2.24, 2.45) is 5.92 Å². The molecule has 0 bridgehead atoms. The summed E-state index contributed by atoms with van der Waals surface area (Å²) >= 11 is 0. The Bertz CT molecular complexity index is 1300. The first-order valence-corrected chi connectivity index (χ1v) is 15.5. The number of benzene rings is 2. The number of rotatable bonds is 8. The maximum Gasteiger partial charge on any atom is 0.389 e. The van der Waals surface area contributed by atoms with E-state index < -0.39 is 43.0 Å². The number of aliphatic hydroxyl groups excluding tert-OH is 1. The topological polar surface area (TPSA) is 120 Å². The number of nitrogens with one attached hydrogen (secondary N) is 2. The van der Waals surface area contributed by atoms with E-state index in [-0.39, 0.29) is 54.7 Å². The maximum absolute atomic E-state index is 14.2. The highest BCUT2D eigenvalue weighted by atomic mass is 19.4. The van der Waals surface area contributed by atoms with Crippen LogP contribution in [0, 0.1) is 5.92 Å². The van der Waals surface area contributed by atoms with Gasteiger partial charge in [-0.15, -0.1) is 0 Å². The lowest BCUT2D eigenvalue weighted by Crippen LogP contribution is -2.48. The molecule has 2 aromatic rings. The van der Waals surface area contributed by atoms with Gasteiger partial charge < -0.3 is 35.0 Å². The van der Waals surface area contributed by atoms with Gasteiger partial charge in [-0.25, -0.2) is 4.79 Å². The van der Waals surface area contributed by atoms with Crippen LogP contribution in [0.2, 0.25) is 0 Å². The molecule has 0 radical (unpaired) electrons. The number of carbonyl (C=O) groups excluding carboxylic acids is 3. The first-order chi connectivity index (χ1) is 21.8. The number of likely N-dealkylation sites (N-methyl/N-ethyl adjacent to an activating group) is 1. The van der Waals surface area contributed by atoms with Crippen LogP contribution in [0.15, 0.2) is 48.5 Å². The van der Waals surface area contributed by atoms with Gasteiger partial charge >= 0.3 is 12.2 Å². The molecule has 3 N–H and O–H groups in total. The van der Waals surface area contributed by atoms with Gasteiger partial charge in [0.2, 0.25) is 5.91 Å². The molecule has 254 valence electrons. The highest BCUT2D eigenvalue weighted by Crippen LogP contribution is 2.29. The molecule has 0 saturated carbocycles.